The lowest BCUT2D eigenvalue weighted by Gasteiger charge is -2.19. The summed E-state index contributed by atoms with van der Waals surface area (Å²) in [5.41, 5.74) is 1.45. The van der Waals surface area contributed by atoms with Gasteiger partial charge in [-0.15, -0.1) is 0 Å². The van der Waals surface area contributed by atoms with E-state index in [1.165, 1.54) is 0 Å². The number of hydrogen-bond donors (Lipinski definition) is 3. The molecule has 19 heavy (non-hydrogen) atoms. The van der Waals surface area contributed by atoms with Crippen molar-refractivity contribution in [3.63, 3.8) is 0 Å². The molecule has 0 aliphatic carbocycles. The highest BCUT2D eigenvalue weighted by atomic mass is 16.5. The van der Waals surface area contributed by atoms with Crippen LogP contribution in [0, 0.1) is 5.92 Å². The molecule has 1 amide bonds. The summed E-state index contributed by atoms with van der Waals surface area (Å²) >= 11 is 0. The minimum absolute atomic E-state index is 0.0376. The summed E-state index contributed by atoms with van der Waals surface area (Å²) in [6, 6.07) is 5.39. The molecule has 1 aromatic carbocycles. The van der Waals surface area contributed by atoms with Crippen molar-refractivity contribution in [1.82, 2.24) is 0 Å². The smallest absolute Gasteiger partial charge is 0.306 e. The summed E-state index contributed by atoms with van der Waals surface area (Å²) < 4.78 is 5.25. The van der Waals surface area contributed by atoms with Gasteiger partial charge in [-0.05, 0) is 24.6 Å². The number of carbonyl (C=O) groups excluding carboxylic acids is 1. The summed E-state index contributed by atoms with van der Waals surface area (Å²) in [7, 11) is 0. The van der Waals surface area contributed by atoms with Crippen LogP contribution in [-0.2, 0) is 9.59 Å². The average molecular weight is 264 g/mol. The van der Waals surface area contributed by atoms with Gasteiger partial charge in [-0.25, -0.2) is 0 Å². The first kappa shape index (κ1) is 13.2. The number of carbonyl (C=O) groups is 2. The van der Waals surface area contributed by atoms with Crippen LogP contribution in [0.4, 0.5) is 11.4 Å². The minimum atomic E-state index is -0.798. The Labute approximate surface area is 110 Å². The van der Waals surface area contributed by atoms with E-state index in [2.05, 4.69) is 10.6 Å². The predicted molar refractivity (Wildman–Crippen MR) is 70.5 cm³/mol. The molecule has 1 aliphatic heterocycles. The van der Waals surface area contributed by atoms with Gasteiger partial charge >= 0.3 is 5.97 Å². The van der Waals surface area contributed by atoms with Gasteiger partial charge in [-0.1, -0.05) is 6.92 Å². The summed E-state index contributed by atoms with van der Waals surface area (Å²) in [6.07, 6.45) is 0.537. The molecular weight excluding hydrogens is 248 g/mol. The largest absolute Gasteiger partial charge is 0.482 e. The second-order valence-corrected chi connectivity index (χ2v) is 4.50. The van der Waals surface area contributed by atoms with E-state index in [1.807, 2.05) is 6.07 Å². The molecule has 0 radical (unpaired) electrons. The Morgan fingerprint density at radius 3 is 3.11 bits per heavy atom. The van der Waals surface area contributed by atoms with E-state index in [1.54, 1.807) is 19.1 Å². The Kier molecular flexibility index (Phi) is 3.89. The summed E-state index contributed by atoms with van der Waals surface area (Å²) in [5.74, 6) is -0.714. The Hall–Kier alpha value is -2.24. The number of ether oxygens (including phenoxy) is 1. The van der Waals surface area contributed by atoms with Crippen LogP contribution in [0.5, 0.6) is 5.75 Å². The van der Waals surface area contributed by atoms with Crippen molar-refractivity contribution in [3.05, 3.63) is 18.2 Å². The quantitative estimate of drug-likeness (QED) is 0.750. The zero-order valence-electron chi connectivity index (χ0n) is 10.6. The van der Waals surface area contributed by atoms with E-state index in [9.17, 15) is 9.59 Å². The Morgan fingerprint density at radius 1 is 1.58 bits per heavy atom. The molecule has 1 unspecified atom stereocenters. The van der Waals surface area contributed by atoms with Crippen molar-refractivity contribution >= 4 is 23.3 Å². The number of aliphatic carboxylic acids is 1. The van der Waals surface area contributed by atoms with Crippen molar-refractivity contribution in [2.24, 2.45) is 5.92 Å². The Balaban J connectivity index is 1.93. The number of fused-ring (bicyclic) bond motifs is 1. The molecule has 6 heteroatoms. The fraction of sp³-hybridized carbons (Fsp3) is 0.385. The van der Waals surface area contributed by atoms with Gasteiger partial charge in [-0.2, -0.15) is 0 Å². The topological polar surface area (TPSA) is 87.7 Å². The van der Waals surface area contributed by atoms with E-state index >= 15 is 0 Å². The van der Waals surface area contributed by atoms with Gasteiger partial charge in [0.25, 0.3) is 5.91 Å². The maximum absolute atomic E-state index is 11.2. The predicted octanol–water partition coefficient (Wildman–Crippen LogP) is 1.54. The van der Waals surface area contributed by atoms with Crippen molar-refractivity contribution in [2.75, 3.05) is 23.8 Å². The third kappa shape index (κ3) is 3.37. The van der Waals surface area contributed by atoms with E-state index in [4.69, 9.17) is 9.84 Å². The first-order valence-corrected chi connectivity index (χ1v) is 6.09. The van der Waals surface area contributed by atoms with Crippen LogP contribution in [0.2, 0.25) is 0 Å². The molecule has 1 aromatic rings. The third-order valence-corrected chi connectivity index (χ3v) is 2.94. The number of rotatable bonds is 5. The first-order valence-electron chi connectivity index (χ1n) is 6.09. The summed E-state index contributed by atoms with van der Waals surface area (Å²) in [5, 5.41) is 14.6. The second kappa shape index (κ2) is 5.60. The first-order chi connectivity index (χ1) is 9.06. The lowest BCUT2D eigenvalue weighted by molar-refractivity contribution is -0.141. The van der Waals surface area contributed by atoms with Gasteiger partial charge in [0, 0.05) is 12.2 Å². The number of benzene rings is 1. The van der Waals surface area contributed by atoms with Crippen LogP contribution in [0.15, 0.2) is 18.2 Å². The normalized spacial score (nSPS) is 14.9. The van der Waals surface area contributed by atoms with Crippen molar-refractivity contribution in [2.45, 2.75) is 13.3 Å². The third-order valence-electron chi connectivity index (χ3n) is 2.94. The number of nitrogens with one attached hydrogen (secondary N) is 2. The fourth-order valence-electron chi connectivity index (χ4n) is 1.75. The molecule has 3 N–H and O–H groups in total. The lowest BCUT2D eigenvalue weighted by Crippen LogP contribution is -2.25. The monoisotopic (exact) mass is 264 g/mol. The second-order valence-electron chi connectivity index (χ2n) is 4.50. The molecule has 0 bridgehead atoms. The molecular formula is C13H16N2O4. The van der Waals surface area contributed by atoms with Crippen molar-refractivity contribution < 1.29 is 19.4 Å². The van der Waals surface area contributed by atoms with E-state index in [-0.39, 0.29) is 18.4 Å². The van der Waals surface area contributed by atoms with Gasteiger partial charge in [-0.3, -0.25) is 9.59 Å². The van der Waals surface area contributed by atoms with E-state index in [0.29, 0.717) is 24.4 Å². The Morgan fingerprint density at radius 2 is 2.37 bits per heavy atom. The van der Waals surface area contributed by atoms with Crippen LogP contribution < -0.4 is 15.4 Å². The minimum Gasteiger partial charge on any atom is -0.482 e. The number of carboxylic acid groups (broad SMARTS) is 1. The fourth-order valence-corrected chi connectivity index (χ4v) is 1.75. The molecule has 1 atom stereocenters. The average Bonchev–Trinajstić information content (AvgIpc) is 2.38. The van der Waals surface area contributed by atoms with Gasteiger partial charge in [0.05, 0.1) is 11.6 Å². The molecule has 0 saturated carbocycles. The highest BCUT2D eigenvalue weighted by Crippen LogP contribution is 2.30. The van der Waals surface area contributed by atoms with Gasteiger partial charge < -0.3 is 20.5 Å². The SMILES string of the molecule is CC(CCNc1ccc2c(c1)NC(=O)CO2)C(=O)O. The lowest BCUT2D eigenvalue weighted by atomic mass is 10.1. The standard InChI is InChI=1S/C13H16N2O4/c1-8(13(17)18)4-5-14-9-2-3-11-10(6-9)15-12(16)7-19-11/h2-3,6,8,14H,4-5,7H2,1H3,(H,15,16)(H,17,18). The molecule has 0 saturated heterocycles. The molecule has 102 valence electrons. The van der Waals surface area contributed by atoms with E-state index < -0.39 is 5.97 Å². The highest BCUT2D eigenvalue weighted by Gasteiger charge is 2.16. The number of carboxylic acids is 1. The van der Waals surface area contributed by atoms with Crippen molar-refractivity contribution in [3.8, 4) is 5.75 Å². The van der Waals surface area contributed by atoms with Crippen LogP contribution in [0.25, 0.3) is 0 Å². The molecule has 1 heterocycles. The maximum Gasteiger partial charge on any atom is 0.306 e. The van der Waals surface area contributed by atoms with Gasteiger partial charge in [0.15, 0.2) is 6.61 Å². The van der Waals surface area contributed by atoms with Crippen molar-refractivity contribution in [1.29, 1.82) is 0 Å². The zero-order valence-corrected chi connectivity index (χ0v) is 10.6. The number of anilines is 2. The molecule has 1 aliphatic rings. The van der Waals surface area contributed by atoms with Gasteiger partial charge in [0.2, 0.25) is 0 Å². The summed E-state index contributed by atoms with van der Waals surface area (Å²) in [6.45, 7) is 2.27. The van der Waals surface area contributed by atoms with Crippen LogP contribution in [0.1, 0.15) is 13.3 Å². The van der Waals surface area contributed by atoms with Crippen LogP contribution >= 0.6 is 0 Å². The zero-order chi connectivity index (χ0) is 13.8. The van der Waals surface area contributed by atoms with Gasteiger partial charge in [0.1, 0.15) is 5.75 Å². The molecule has 2 rings (SSSR count). The molecule has 0 fully saturated rings. The van der Waals surface area contributed by atoms with Crippen LogP contribution in [0.3, 0.4) is 0 Å². The Bertz CT molecular complexity index is 501. The summed E-state index contributed by atoms with van der Waals surface area (Å²) in [4.78, 5) is 21.9. The highest BCUT2D eigenvalue weighted by molar-refractivity contribution is 5.96. The molecule has 0 spiro atoms. The number of amides is 1. The van der Waals surface area contributed by atoms with E-state index in [0.717, 1.165) is 5.69 Å². The molecule has 0 aromatic heterocycles. The number of hydrogen-bond acceptors (Lipinski definition) is 4. The van der Waals surface area contributed by atoms with Crippen LogP contribution in [-0.4, -0.2) is 30.1 Å². The molecule has 6 nitrogen and oxygen atoms in total. The maximum atomic E-state index is 11.2.